The molecular weight excluding hydrogens is 400 g/mol. The summed E-state index contributed by atoms with van der Waals surface area (Å²) in [5, 5.41) is 3.27. The lowest BCUT2D eigenvalue weighted by molar-refractivity contribution is -0.120. The maximum absolute atomic E-state index is 13.7. The van der Waals surface area contributed by atoms with Gasteiger partial charge in [0.15, 0.2) is 0 Å². The highest BCUT2D eigenvalue weighted by atomic mass is 16.5. The van der Waals surface area contributed by atoms with Gasteiger partial charge in [-0.25, -0.2) is 4.90 Å². The van der Waals surface area contributed by atoms with E-state index in [1.54, 1.807) is 19.2 Å². The van der Waals surface area contributed by atoms with Gasteiger partial charge < -0.3 is 10.1 Å². The Balaban J connectivity index is 1.91. The zero-order chi connectivity index (χ0) is 23.0. The third-order valence-electron chi connectivity index (χ3n) is 5.79. The number of nitrogens with zero attached hydrogens (tertiary/aromatic N) is 1. The molecule has 162 valence electrons. The van der Waals surface area contributed by atoms with E-state index in [1.807, 2.05) is 76.2 Å². The van der Waals surface area contributed by atoms with E-state index < -0.39 is 0 Å². The third-order valence-corrected chi connectivity index (χ3v) is 5.79. The summed E-state index contributed by atoms with van der Waals surface area (Å²) in [6.45, 7) is 7.90. The number of carbonyl (C=O) groups is 2. The van der Waals surface area contributed by atoms with E-state index in [-0.39, 0.29) is 17.5 Å². The molecule has 0 saturated carbocycles. The normalized spacial score (nSPS) is 13.7. The number of methoxy groups -OCH3 is 1. The van der Waals surface area contributed by atoms with Crippen molar-refractivity contribution >= 4 is 28.8 Å². The minimum absolute atomic E-state index is 0.243. The molecule has 3 aromatic rings. The van der Waals surface area contributed by atoms with Crippen LogP contribution in [0.2, 0.25) is 0 Å². The van der Waals surface area contributed by atoms with Crippen LogP contribution in [0.1, 0.15) is 27.8 Å². The van der Waals surface area contributed by atoms with Crippen LogP contribution in [0.15, 0.2) is 66.4 Å². The van der Waals surface area contributed by atoms with E-state index in [0.29, 0.717) is 22.6 Å². The maximum Gasteiger partial charge on any atom is 0.282 e. The van der Waals surface area contributed by atoms with Crippen LogP contribution in [-0.2, 0) is 9.59 Å². The number of nitrogens with one attached hydrogen (secondary N) is 1. The quantitative estimate of drug-likeness (QED) is 0.561. The molecule has 0 radical (unpaired) electrons. The van der Waals surface area contributed by atoms with Gasteiger partial charge in [0.05, 0.1) is 18.4 Å². The van der Waals surface area contributed by atoms with Crippen LogP contribution < -0.4 is 15.0 Å². The molecule has 0 saturated heterocycles. The summed E-state index contributed by atoms with van der Waals surface area (Å²) in [4.78, 5) is 28.6. The van der Waals surface area contributed by atoms with Crippen LogP contribution in [0.4, 0.5) is 11.4 Å². The summed E-state index contributed by atoms with van der Waals surface area (Å²) < 4.78 is 5.52. The molecule has 0 atom stereocenters. The Kier molecular flexibility index (Phi) is 5.57. The second kappa shape index (κ2) is 8.35. The minimum Gasteiger partial charge on any atom is -0.496 e. The molecule has 5 nitrogen and oxygen atoms in total. The number of aryl methyl sites for hydroxylation is 3. The predicted molar refractivity (Wildman–Crippen MR) is 128 cm³/mol. The van der Waals surface area contributed by atoms with E-state index in [2.05, 4.69) is 5.32 Å². The first-order valence-electron chi connectivity index (χ1n) is 10.5. The van der Waals surface area contributed by atoms with Crippen molar-refractivity contribution in [1.29, 1.82) is 0 Å². The highest BCUT2D eigenvalue weighted by molar-refractivity contribution is 6.46. The van der Waals surface area contributed by atoms with Crippen molar-refractivity contribution < 1.29 is 14.3 Å². The summed E-state index contributed by atoms with van der Waals surface area (Å²) >= 11 is 0. The number of carbonyl (C=O) groups excluding carboxylic acids is 2. The molecule has 0 aromatic heterocycles. The van der Waals surface area contributed by atoms with Gasteiger partial charge in [-0.1, -0.05) is 36.4 Å². The fraction of sp³-hybridized carbons (Fsp3) is 0.185. The first kappa shape index (κ1) is 21.4. The zero-order valence-corrected chi connectivity index (χ0v) is 18.9. The van der Waals surface area contributed by atoms with Crippen molar-refractivity contribution in [3.8, 4) is 5.75 Å². The van der Waals surface area contributed by atoms with Crippen molar-refractivity contribution in [2.75, 3.05) is 17.3 Å². The first-order chi connectivity index (χ1) is 15.3. The number of anilines is 2. The standard InChI is InChI=1S/C27H26N2O3/c1-16-13-17(2)15-20(14-16)29-26(30)24(21-10-6-7-12-23(21)32-5)25(27(29)31)28-22-11-8-9-18(3)19(22)4/h6-15,28H,1-5H3. The van der Waals surface area contributed by atoms with Crippen LogP contribution in [0, 0.1) is 27.7 Å². The van der Waals surface area contributed by atoms with E-state index in [0.717, 1.165) is 27.9 Å². The van der Waals surface area contributed by atoms with E-state index in [9.17, 15) is 9.59 Å². The van der Waals surface area contributed by atoms with Crippen LogP contribution in [0.25, 0.3) is 5.57 Å². The van der Waals surface area contributed by atoms with Crippen LogP contribution >= 0.6 is 0 Å². The molecule has 5 heteroatoms. The van der Waals surface area contributed by atoms with E-state index in [1.165, 1.54) is 4.90 Å². The number of amides is 2. The summed E-state index contributed by atoms with van der Waals surface area (Å²) in [7, 11) is 1.56. The number of hydrogen-bond donors (Lipinski definition) is 1. The molecule has 1 aliphatic rings. The molecule has 1 heterocycles. The monoisotopic (exact) mass is 426 g/mol. The molecule has 3 aromatic carbocycles. The number of rotatable bonds is 5. The minimum atomic E-state index is -0.387. The average molecular weight is 427 g/mol. The molecule has 0 bridgehead atoms. The molecule has 0 spiro atoms. The number of hydrogen-bond acceptors (Lipinski definition) is 4. The Hall–Kier alpha value is -3.86. The van der Waals surface area contributed by atoms with Gasteiger partial charge in [0, 0.05) is 11.3 Å². The van der Waals surface area contributed by atoms with Gasteiger partial charge in [0.25, 0.3) is 11.8 Å². The highest BCUT2D eigenvalue weighted by Gasteiger charge is 2.41. The van der Waals surface area contributed by atoms with Gasteiger partial charge in [-0.05, 0) is 74.2 Å². The van der Waals surface area contributed by atoms with Gasteiger partial charge in [0.2, 0.25) is 0 Å². The van der Waals surface area contributed by atoms with Crippen molar-refractivity contribution in [3.63, 3.8) is 0 Å². The number of imide groups is 1. The average Bonchev–Trinajstić information content (AvgIpc) is 3.00. The SMILES string of the molecule is COc1ccccc1C1=C(Nc2cccc(C)c2C)C(=O)N(c2cc(C)cc(C)c2)C1=O. The molecule has 4 rings (SSSR count). The van der Waals surface area contributed by atoms with Gasteiger partial charge >= 0.3 is 0 Å². The van der Waals surface area contributed by atoms with Crippen LogP contribution in [0.3, 0.4) is 0 Å². The molecule has 0 unspecified atom stereocenters. The molecule has 2 amide bonds. The lowest BCUT2D eigenvalue weighted by Gasteiger charge is -2.17. The maximum atomic E-state index is 13.7. The summed E-state index contributed by atoms with van der Waals surface area (Å²) in [6.07, 6.45) is 0. The second-order valence-corrected chi connectivity index (χ2v) is 8.11. The fourth-order valence-corrected chi connectivity index (χ4v) is 4.08. The Morgan fingerprint density at radius 1 is 0.812 bits per heavy atom. The molecule has 0 aliphatic carbocycles. The topological polar surface area (TPSA) is 58.6 Å². The summed E-state index contributed by atoms with van der Waals surface area (Å²) in [6, 6.07) is 18.8. The fourth-order valence-electron chi connectivity index (χ4n) is 4.08. The van der Waals surface area contributed by atoms with Gasteiger partial charge in [-0.3, -0.25) is 9.59 Å². The summed E-state index contributed by atoms with van der Waals surface area (Å²) in [5.41, 5.74) is 6.54. The number of ether oxygens (including phenoxy) is 1. The Bertz CT molecular complexity index is 1250. The summed E-state index contributed by atoms with van der Waals surface area (Å²) in [5.74, 6) is -0.231. The lowest BCUT2D eigenvalue weighted by atomic mass is 10.0. The Labute approximate surface area is 188 Å². The number of para-hydroxylation sites is 1. The Morgan fingerprint density at radius 3 is 2.19 bits per heavy atom. The molecule has 32 heavy (non-hydrogen) atoms. The number of benzene rings is 3. The highest BCUT2D eigenvalue weighted by Crippen LogP contribution is 2.38. The first-order valence-corrected chi connectivity index (χ1v) is 10.5. The van der Waals surface area contributed by atoms with Crippen molar-refractivity contribution in [2.24, 2.45) is 0 Å². The largest absolute Gasteiger partial charge is 0.496 e. The Morgan fingerprint density at radius 2 is 1.50 bits per heavy atom. The van der Waals surface area contributed by atoms with Gasteiger partial charge in [-0.15, -0.1) is 0 Å². The predicted octanol–water partition coefficient (Wildman–Crippen LogP) is 5.33. The lowest BCUT2D eigenvalue weighted by Crippen LogP contribution is -2.32. The van der Waals surface area contributed by atoms with E-state index >= 15 is 0 Å². The molecule has 1 N–H and O–H groups in total. The second-order valence-electron chi connectivity index (χ2n) is 8.11. The van der Waals surface area contributed by atoms with E-state index in [4.69, 9.17) is 4.74 Å². The van der Waals surface area contributed by atoms with Crippen molar-refractivity contribution in [2.45, 2.75) is 27.7 Å². The zero-order valence-electron chi connectivity index (χ0n) is 18.9. The van der Waals surface area contributed by atoms with Crippen LogP contribution in [-0.4, -0.2) is 18.9 Å². The van der Waals surface area contributed by atoms with Crippen molar-refractivity contribution in [1.82, 2.24) is 0 Å². The molecular formula is C27H26N2O3. The van der Waals surface area contributed by atoms with Crippen LogP contribution in [0.5, 0.6) is 5.75 Å². The molecule has 1 aliphatic heterocycles. The van der Waals surface area contributed by atoms with Crippen molar-refractivity contribution in [3.05, 3.63) is 94.2 Å². The van der Waals surface area contributed by atoms with Gasteiger partial charge in [-0.2, -0.15) is 0 Å². The smallest absolute Gasteiger partial charge is 0.282 e. The third kappa shape index (κ3) is 3.66. The molecule has 0 fully saturated rings. The van der Waals surface area contributed by atoms with Gasteiger partial charge in [0.1, 0.15) is 11.4 Å².